The lowest BCUT2D eigenvalue weighted by molar-refractivity contribution is 1.11. The lowest BCUT2D eigenvalue weighted by atomic mass is 10.1. The Hall–Kier alpha value is -3.08. The van der Waals surface area contributed by atoms with Crippen LogP contribution in [0.4, 0.5) is 17.2 Å². The first-order valence-electron chi connectivity index (χ1n) is 6.67. The van der Waals surface area contributed by atoms with E-state index < -0.39 is 0 Å². The SMILES string of the molecule is Nc1[nH]nc2nc3ccccc3c(Nc3ccccc3)c12. The van der Waals surface area contributed by atoms with Gasteiger partial charge in [-0.15, -0.1) is 0 Å². The molecule has 0 bridgehead atoms. The standard InChI is InChI=1S/C16H13N5/c17-15-13-14(18-10-6-2-1-3-7-10)11-8-4-5-9-12(11)19-16(13)21-20-15/h1-9H,(H4,17,18,19,20,21). The molecule has 4 aromatic rings. The van der Waals surface area contributed by atoms with Crippen molar-refractivity contribution in [3.8, 4) is 0 Å². The predicted molar refractivity (Wildman–Crippen MR) is 85.5 cm³/mol. The number of H-pyrrole nitrogens is 1. The van der Waals surface area contributed by atoms with Gasteiger partial charge >= 0.3 is 0 Å². The minimum atomic E-state index is 0.515. The molecule has 0 unspecified atom stereocenters. The highest BCUT2D eigenvalue weighted by atomic mass is 15.2. The van der Waals surface area contributed by atoms with E-state index in [-0.39, 0.29) is 0 Å². The van der Waals surface area contributed by atoms with Crippen LogP contribution in [0.5, 0.6) is 0 Å². The molecular weight excluding hydrogens is 262 g/mol. The third-order valence-electron chi connectivity index (χ3n) is 3.47. The molecule has 0 atom stereocenters. The third-order valence-corrected chi connectivity index (χ3v) is 3.47. The second-order valence-corrected chi connectivity index (χ2v) is 4.83. The van der Waals surface area contributed by atoms with Crippen LogP contribution >= 0.6 is 0 Å². The summed E-state index contributed by atoms with van der Waals surface area (Å²) in [7, 11) is 0. The van der Waals surface area contributed by atoms with Crippen LogP contribution in [0.1, 0.15) is 0 Å². The molecule has 0 aliphatic heterocycles. The van der Waals surface area contributed by atoms with Crippen molar-refractivity contribution in [3.63, 3.8) is 0 Å². The van der Waals surface area contributed by atoms with E-state index in [9.17, 15) is 0 Å². The second-order valence-electron chi connectivity index (χ2n) is 4.83. The number of nitrogen functional groups attached to an aromatic ring is 1. The van der Waals surface area contributed by atoms with Gasteiger partial charge in [0.1, 0.15) is 5.82 Å². The van der Waals surface area contributed by atoms with Gasteiger partial charge in [-0.2, -0.15) is 5.10 Å². The van der Waals surface area contributed by atoms with E-state index in [4.69, 9.17) is 5.73 Å². The summed E-state index contributed by atoms with van der Waals surface area (Å²) < 4.78 is 0. The number of rotatable bonds is 2. The average Bonchev–Trinajstić information content (AvgIpc) is 2.89. The number of benzene rings is 2. The smallest absolute Gasteiger partial charge is 0.185 e. The number of para-hydroxylation sites is 2. The summed E-state index contributed by atoms with van der Waals surface area (Å²) in [6.45, 7) is 0. The first-order chi connectivity index (χ1) is 10.3. The molecule has 2 heterocycles. The van der Waals surface area contributed by atoms with Crippen LogP contribution in [0.15, 0.2) is 54.6 Å². The number of aromatic amines is 1. The van der Waals surface area contributed by atoms with Gasteiger partial charge in [-0.1, -0.05) is 36.4 Å². The van der Waals surface area contributed by atoms with Crippen LogP contribution in [0.2, 0.25) is 0 Å². The van der Waals surface area contributed by atoms with Crippen molar-refractivity contribution in [1.29, 1.82) is 0 Å². The van der Waals surface area contributed by atoms with Crippen molar-refractivity contribution in [1.82, 2.24) is 15.2 Å². The number of hydrogen-bond donors (Lipinski definition) is 3. The van der Waals surface area contributed by atoms with E-state index in [1.165, 1.54) is 0 Å². The summed E-state index contributed by atoms with van der Waals surface area (Å²) >= 11 is 0. The van der Waals surface area contributed by atoms with Crippen LogP contribution in [-0.4, -0.2) is 15.2 Å². The van der Waals surface area contributed by atoms with Gasteiger partial charge in [-0.25, -0.2) is 4.98 Å². The third kappa shape index (κ3) is 1.87. The molecule has 21 heavy (non-hydrogen) atoms. The van der Waals surface area contributed by atoms with Crippen molar-refractivity contribution < 1.29 is 0 Å². The van der Waals surface area contributed by atoms with Gasteiger partial charge in [0.25, 0.3) is 0 Å². The Balaban J connectivity index is 2.04. The average molecular weight is 275 g/mol. The van der Waals surface area contributed by atoms with Crippen LogP contribution in [-0.2, 0) is 0 Å². The van der Waals surface area contributed by atoms with E-state index >= 15 is 0 Å². The Kier molecular flexibility index (Phi) is 2.50. The lowest BCUT2D eigenvalue weighted by Gasteiger charge is -2.11. The van der Waals surface area contributed by atoms with Crippen LogP contribution in [0.25, 0.3) is 21.9 Å². The maximum absolute atomic E-state index is 6.02. The number of fused-ring (bicyclic) bond motifs is 2. The molecule has 0 saturated heterocycles. The summed E-state index contributed by atoms with van der Waals surface area (Å²) in [5.41, 5.74) is 9.44. The molecule has 4 N–H and O–H groups in total. The number of hydrogen-bond acceptors (Lipinski definition) is 4. The summed E-state index contributed by atoms with van der Waals surface area (Å²) in [5.74, 6) is 0.515. The molecular formula is C16H13N5. The minimum absolute atomic E-state index is 0.515. The topological polar surface area (TPSA) is 79.6 Å². The molecule has 2 aromatic carbocycles. The van der Waals surface area contributed by atoms with E-state index in [0.29, 0.717) is 11.5 Å². The maximum Gasteiger partial charge on any atom is 0.185 e. The Morgan fingerprint density at radius 1 is 0.952 bits per heavy atom. The highest BCUT2D eigenvalue weighted by Crippen LogP contribution is 2.34. The molecule has 0 amide bonds. The van der Waals surface area contributed by atoms with E-state index in [0.717, 1.165) is 27.7 Å². The van der Waals surface area contributed by atoms with Crippen molar-refractivity contribution >= 4 is 39.1 Å². The van der Waals surface area contributed by atoms with E-state index in [2.05, 4.69) is 20.5 Å². The van der Waals surface area contributed by atoms with Gasteiger partial charge in [-0.05, 0) is 18.2 Å². The van der Waals surface area contributed by atoms with Crippen LogP contribution in [0, 0.1) is 0 Å². The van der Waals surface area contributed by atoms with E-state index in [1.807, 2.05) is 54.6 Å². The normalized spacial score (nSPS) is 11.0. The molecule has 0 saturated carbocycles. The van der Waals surface area contributed by atoms with Crippen LogP contribution in [0.3, 0.4) is 0 Å². The van der Waals surface area contributed by atoms with Gasteiger partial charge in [0, 0.05) is 11.1 Å². The Labute approximate surface area is 120 Å². The molecule has 0 radical (unpaired) electrons. The minimum Gasteiger partial charge on any atom is -0.383 e. The largest absolute Gasteiger partial charge is 0.383 e. The zero-order valence-electron chi connectivity index (χ0n) is 11.2. The number of nitrogens with zero attached hydrogens (tertiary/aromatic N) is 2. The fraction of sp³-hybridized carbons (Fsp3) is 0. The van der Waals surface area contributed by atoms with Gasteiger partial charge in [0.05, 0.1) is 16.6 Å². The van der Waals surface area contributed by atoms with Crippen molar-refractivity contribution in [2.24, 2.45) is 0 Å². The zero-order chi connectivity index (χ0) is 14.2. The number of pyridine rings is 1. The quantitative estimate of drug-likeness (QED) is 0.523. The highest BCUT2D eigenvalue weighted by Gasteiger charge is 2.14. The highest BCUT2D eigenvalue weighted by molar-refractivity contribution is 6.11. The van der Waals surface area contributed by atoms with Gasteiger partial charge in [0.15, 0.2) is 5.65 Å². The molecule has 0 aliphatic rings. The summed E-state index contributed by atoms with van der Waals surface area (Å²) in [4.78, 5) is 4.54. The number of nitrogens with two attached hydrogens (primary N) is 1. The van der Waals surface area contributed by atoms with Crippen molar-refractivity contribution in [3.05, 3.63) is 54.6 Å². The maximum atomic E-state index is 6.02. The summed E-state index contributed by atoms with van der Waals surface area (Å²) in [6.07, 6.45) is 0. The second kappa shape index (κ2) is 4.49. The van der Waals surface area contributed by atoms with Gasteiger partial charge < -0.3 is 11.1 Å². The monoisotopic (exact) mass is 275 g/mol. The molecule has 0 fully saturated rings. The van der Waals surface area contributed by atoms with Crippen LogP contribution < -0.4 is 11.1 Å². The molecule has 102 valence electrons. The molecule has 0 spiro atoms. The Morgan fingerprint density at radius 2 is 1.71 bits per heavy atom. The van der Waals surface area contributed by atoms with Gasteiger partial charge in [0.2, 0.25) is 0 Å². The molecule has 4 rings (SSSR count). The molecule has 0 aliphatic carbocycles. The first-order valence-corrected chi connectivity index (χ1v) is 6.67. The predicted octanol–water partition coefficient (Wildman–Crippen LogP) is 3.44. The summed E-state index contributed by atoms with van der Waals surface area (Å²) in [6, 6.07) is 17.9. The summed E-state index contributed by atoms with van der Waals surface area (Å²) in [5, 5.41) is 12.2. The van der Waals surface area contributed by atoms with Crippen molar-refractivity contribution in [2.75, 3.05) is 11.1 Å². The Bertz CT molecular complexity index is 927. The fourth-order valence-corrected chi connectivity index (χ4v) is 2.50. The number of aromatic nitrogens is 3. The number of nitrogens with one attached hydrogen (secondary N) is 2. The molecule has 2 aromatic heterocycles. The number of anilines is 3. The molecule has 5 nitrogen and oxygen atoms in total. The fourth-order valence-electron chi connectivity index (χ4n) is 2.50. The van der Waals surface area contributed by atoms with Crippen molar-refractivity contribution in [2.45, 2.75) is 0 Å². The molecule has 5 heteroatoms. The first kappa shape index (κ1) is 11.7. The van der Waals surface area contributed by atoms with Gasteiger partial charge in [-0.3, -0.25) is 5.10 Å². The van der Waals surface area contributed by atoms with E-state index in [1.54, 1.807) is 0 Å². The zero-order valence-corrected chi connectivity index (χ0v) is 11.2. The lowest BCUT2D eigenvalue weighted by Crippen LogP contribution is -1.95. The Morgan fingerprint density at radius 3 is 2.57 bits per heavy atom.